The third kappa shape index (κ3) is 4.32. The fraction of sp³-hybridized carbons (Fsp3) is 0.700. The largest absolute Gasteiger partial charge is 0.314 e. The maximum atomic E-state index is 3.78. The lowest BCUT2D eigenvalue weighted by Crippen LogP contribution is -2.40. The summed E-state index contributed by atoms with van der Waals surface area (Å²) in [6, 6.07) is 5.34. The molecule has 1 fully saturated rings. The molecule has 0 amide bonds. The molecule has 1 heteroatoms. The van der Waals surface area contributed by atoms with Crippen LogP contribution in [0.25, 0.3) is 0 Å². The summed E-state index contributed by atoms with van der Waals surface area (Å²) in [5, 5.41) is 3.78. The minimum absolute atomic E-state index is 0.655. The second-order valence-corrected chi connectivity index (χ2v) is 7.27. The number of benzene rings is 1. The molecule has 0 aromatic heterocycles. The first kappa shape index (κ1) is 16.5. The van der Waals surface area contributed by atoms with Gasteiger partial charge in [-0.05, 0) is 75.1 Å². The van der Waals surface area contributed by atoms with Crippen LogP contribution in [0.1, 0.15) is 61.8 Å². The van der Waals surface area contributed by atoms with Gasteiger partial charge in [-0.2, -0.15) is 0 Å². The predicted octanol–water partition coefficient (Wildman–Crippen LogP) is 4.96. The summed E-state index contributed by atoms with van der Waals surface area (Å²) in [6.45, 7) is 12.5. The number of hydrogen-bond donors (Lipinski definition) is 1. The first-order valence-corrected chi connectivity index (χ1v) is 8.81. The smallest absolute Gasteiger partial charge is 0.0136 e. The van der Waals surface area contributed by atoms with Crippen molar-refractivity contribution in [2.24, 2.45) is 11.8 Å². The van der Waals surface area contributed by atoms with Crippen LogP contribution in [0.3, 0.4) is 0 Å². The van der Waals surface area contributed by atoms with Crippen molar-refractivity contribution in [2.75, 3.05) is 6.54 Å². The van der Waals surface area contributed by atoms with Gasteiger partial charge in [-0.15, -0.1) is 0 Å². The zero-order valence-electron chi connectivity index (χ0n) is 14.6. The number of hydrogen-bond acceptors (Lipinski definition) is 1. The molecule has 21 heavy (non-hydrogen) atoms. The molecule has 118 valence electrons. The number of aryl methyl sites for hydroxylation is 3. The fourth-order valence-electron chi connectivity index (χ4n) is 4.11. The average molecular weight is 287 g/mol. The Morgan fingerprint density at radius 1 is 1.05 bits per heavy atom. The van der Waals surface area contributed by atoms with E-state index >= 15 is 0 Å². The Labute approximate surface area is 131 Å². The normalized spacial score (nSPS) is 24.0. The van der Waals surface area contributed by atoms with Crippen molar-refractivity contribution < 1.29 is 0 Å². The molecular formula is C20H33N. The van der Waals surface area contributed by atoms with E-state index in [2.05, 4.69) is 52.1 Å². The van der Waals surface area contributed by atoms with Crippen molar-refractivity contribution in [3.05, 3.63) is 34.4 Å². The van der Waals surface area contributed by atoms with Gasteiger partial charge < -0.3 is 5.32 Å². The number of nitrogens with one attached hydrogen (secondary N) is 1. The lowest BCUT2D eigenvalue weighted by molar-refractivity contribution is 0.230. The maximum absolute atomic E-state index is 3.78. The molecule has 1 nitrogen and oxygen atoms in total. The molecule has 2 rings (SSSR count). The van der Waals surface area contributed by atoms with Crippen molar-refractivity contribution in [3.63, 3.8) is 0 Å². The van der Waals surface area contributed by atoms with Gasteiger partial charge in [-0.3, -0.25) is 0 Å². The minimum Gasteiger partial charge on any atom is -0.314 e. The van der Waals surface area contributed by atoms with E-state index in [-0.39, 0.29) is 0 Å². The molecule has 1 N–H and O–H groups in total. The Hall–Kier alpha value is -0.820. The highest BCUT2D eigenvalue weighted by molar-refractivity contribution is 5.38. The number of rotatable bonds is 5. The van der Waals surface area contributed by atoms with Gasteiger partial charge in [0.25, 0.3) is 0 Å². The lowest BCUT2D eigenvalue weighted by Gasteiger charge is -2.34. The van der Waals surface area contributed by atoms with Crippen LogP contribution in [0.2, 0.25) is 0 Å². The molecule has 0 heterocycles. The van der Waals surface area contributed by atoms with Gasteiger partial charge >= 0.3 is 0 Å². The summed E-state index contributed by atoms with van der Waals surface area (Å²) < 4.78 is 0. The van der Waals surface area contributed by atoms with Crippen LogP contribution >= 0.6 is 0 Å². The third-order valence-corrected chi connectivity index (χ3v) is 5.36. The zero-order chi connectivity index (χ0) is 15.4. The van der Waals surface area contributed by atoms with E-state index in [0.29, 0.717) is 6.04 Å². The standard InChI is InChI=1S/C20H33N/c1-6-21-20(18-9-7-14(2)8-10-18)13-19-16(4)11-15(3)12-17(19)5/h11-12,14,18,20-21H,6-10,13H2,1-5H3. The summed E-state index contributed by atoms with van der Waals surface area (Å²) in [4.78, 5) is 0. The van der Waals surface area contributed by atoms with Crippen LogP contribution in [0.15, 0.2) is 12.1 Å². The summed E-state index contributed by atoms with van der Waals surface area (Å²) >= 11 is 0. The highest BCUT2D eigenvalue weighted by Gasteiger charge is 2.26. The highest BCUT2D eigenvalue weighted by atomic mass is 14.9. The van der Waals surface area contributed by atoms with E-state index < -0.39 is 0 Å². The van der Waals surface area contributed by atoms with Crippen molar-refractivity contribution in [1.29, 1.82) is 0 Å². The van der Waals surface area contributed by atoms with Crippen molar-refractivity contribution in [1.82, 2.24) is 5.32 Å². The van der Waals surface area contributed by atoms with E-state index in [4.69, 9.17) is 0 Å². The van der Waals surface area contributed by atoms with Crippen molar-refractivity contribution in [2.45, 2.75) is 72.8 Å². The molecule has 1 aliphatic rings. The lowest BCUT2D eigenvalue weighted by atomic mass is 9.77. The van der Waals surface area contributed by atoms with Crippen LogP contribution < -0.4 is 5.32 Å². The second kappa shape index (κ2) is 7.45. The predicted molar refractivity (Wildman–Crippen MR) is 92.9 cm³/mol. The van der Waals surface area contributed by atoms with Gasteiger partial charge in [0.05, 0.1) is 0 Å². The third-order valence-electron chi connectivity index (χ3n) is 5.36. The number of likely N-dealkylation sites (N-methyl/N-ethyl adjacent to an activating group) is 1. The fourth-order valence-corrected chi connectivity index (χ4v) is 4.11. The van der Waals surface area contributed by atoms with Crippen LogP contribution in [0.4, 0.5) is 0 Å². The Morgan fingerprint density at radius 2 is 1.62 bits per heavy atom. The topological polar surface area (TPSA) is 12.0 Å². The Balaban J connectivity index is 2.13. The van der Waals surface area contributed by atoms with Gasteiger partial charge in [0, 0.05) is 6.04 Å². The molecule has 0 aliphatic heterocycles. The monoisotopic (exact) mass is 287 g/mol. The molecule has 1 atom stereocenters. The molecule has 0 bridgehead atoms. The quantitative estimate of drug-likeness (QED) is 0.807. The molecule has 1 aromatic rings. The van der Waals surface area contributed by atoms with E-state index in [9.17, 15) is 0 Å². The van der Waals surface area contributed by atoms with E-state index in [0.717, 1.165) is 18.4 Å². The molecule has 0 spiro atoms. The van der Waals surface area contributed by atoms with Crippen LogP contribution in [-0.2, 0) is 6.42 Å². The van der Waals surface area contributed by atoms with Crippen LogP contribution in [-0.4, -0.2) is 12.6 Å². The van der Waals surface area contributed by atoms with Crippen molar-refractivity contribution >= 4 is 0 Å². The van der Waals surface area contributed by atoms with Gasteiger partial charge in [-0.1, -0.05) is 44.4 Å². The first-order valence-electron chi connectivity index (χ1n) is 8.81. The average Bonchev–Trinajstić information content (AvgIpc) is 2.42. The van der Waals surface area contributed by atoms with Gasteiger partial charge in [0.15, 0.2) is 0 Å². The van der Waals surface area contributed by atoms with Crippen molar-refractivity contribution in [3.8, 4) is 0 Å². The van der Waals surface area contributed by atoms with Crippen LogP contribution in [0, 0.1) is 32.6 Å². The molecule has 1 saturated carbocycles. The Bertz CT molecular complexity index is 432. The van der Waals surface area contributed by atoms with E-state index in [1.54, 1.807) is 5.56 Å². The SMILES string of the molecule is CCNC(Cc1c(C)cc(C)cc1C)C1CCC(C)CC1. The molecule has 1 unspecified atom stereocenters. The van der Waals surface area contributed by atoms with E-state index in [1.807, 2.05) is 0 Å². The first-order chi connectivity index (χ1) is 10.0. The second-order valence-electron chi connectivity index (χ2n) is 7.27. The van der Waals surface area contributed by atoms with E-state index in [1.165, 1.54) is 48.8 Å². The minimum atomic E-state index is 0.655. The van der Waals surface area contributed by atoms with Gasteiger partial charge in [0.2, 0.25) is 0 Å². The maximum Gasteiger partial charge on any atom is 0.0136 e. The van der Waals surface area contributed by atoms with Gasteiger partial charge in [0.1, 0.15) is 0 Å². The summed E-state index contributed by atoms with van der Waals surface area (Å²) in [6.07, 6.45) is 6.84. The Kier molecular flexibility index (Phi) is 5.87. The van der Waals surface area contributed by atoms with Crippen LogP contribution in [0.5, 0.6) is 0 Å². The molecule has 0 radical (unpaired) electrons. The molecule has 0 saturated heterocycles. The Morgan fingerprint density at radius 3 is 2.14 bits per heavy atom. The zero-order valence-corrected chi connectivity index (χ0v) is 14.6. The molecule has 1 aromatic carbocycles. The highest BCUT2D eigenvalue weighted by Crippen LogP contribution is 2.32. The van der Waals surface area contributed by atoms with Gasteiger partial charge in [-0.25, -0.2) is 0 Å². The summed E-state index contributed by atoms with van der Waals surface area (Å²) in [7, 11) is 0. The summed E-state index contributed by atoms with van der Waals surface area (Å²) in [5.41, 5.74) is 5.91. The summed E-state index contributed by atoms with van der Waals surface area (Å²) in [5.74, 6) is 1.80. The molecular weight excluding hydrogens is 254 g/mol. The molecule has 1 aliphatic carbocycles.